The first-order chi connectivity index (χ1) is 16.8. The van der Waals surface area contributed by atoms with Crippen LogP contribution in [0.1, 0.15) is 78.9 Å². The molecule has 1 aromatic carbocycles. The second-order valence-electron chi connectivity index (χ2n) is 8.12. The van der Waals surface area contributed by atoms with Crippen LogP contribution < -0.4 is 10.6 Å². The lowest BCUT2D eigenvalue weighted by atomic mass is 10.1. The van der Waals surface area contributed by atoms with Crippen LogP contribution in [0.3, 0.4) is 0 Å². The van der Waals surface area contributed by atoms with Crippen LogP contribution in [0.2, 0.25) is 0 Å². The molecule has 7 heteroatoms. The van der Waals surface area contributed by atoms with E-state index in [4.69, 9.17) is 0 Å². The third kappa shape index (κ3) is 13.7. The Labute approximate surface area is 216 Å². The molecule has 1 aliphatic heterocycles. The van der Waals surface area contributed by atoms with Gasteiger partial charge in [0, 0.05) is 37.4 Å². The predicted octanol–water partition coefficient (Wildman–Crippen LogP) is 5.19. The monoisotopic (exact) mass is 501 g/mol. The van der Waals surface area contributed by atoms with E-state index in [-0.39, 0.29) is 18.4 Å². The first-order valence-corrected chi connectivity index (χ1v) is 13.3. The average Bonchev–Trinajstić information content (AvgIpc) is 3.32. The van der Waals surface area contributed by atoms with E-state index in [1.165, 1.54) is 16.0 Å². The summed E-state index contributed by atoms with van der Waals surface area (Å²) in [6, 6.07) is 8.21. The summed E-state index contributed by atoms with van der Waals surface area (Å²) in [7, 11) is 0. The number of benzene rings is 1. The highest BCUT2D eigenvalue weighted by atomic mass is 32.2. The molecule has 1 heterocycles. The Bertz CT molecular complexity index is 866. The van der Waals surface area contributed by atoms with Crippen LogP contribution in [0.5, 0.6) is 0 Å². The summed E-state index contributed by atoms with van der Waals surface area (Å²) in [4.78, 5) is 35.7. The van der Waals surface area contributed by atoms with Gasteiger partial charge in [0.05, 0.1) is 6.54 Å². The Hall–Kier alpha value is -2.72. The first kappa shape index (κ1) is 32.3. The van der Waals surface area contributed by atoms with Gasteiger partial charge in [-0.25, -0.2) is 0 Å². The zero-order chi connectivity index (χ0) is 26.6. The average molecular weight is 502 g/mol. The minimum Gasteiger partial charge on any atom is -0.355 e. The third-order valence-electron chi connectivity index (χ3n) is 5.00. The molecular weight excluding hydrogens is 458 g/mol. The number of hydrogen-bond acceptors (Lipinski definition) is 4. The van der Waals surface area contributed by atoms with E-state index in [0.717, 1.165) is 31.5 Å². The number of amides is 3. The van der Waals surface area contributed by atoms with Crippen LogP contribution in [0, 0.1) is 17.1 Å². The maximum Gasteiger partial charge on any atom is 0.241 e. The molecule has 0 aliphatic carbocycles. The molecule has 1 aromatic rings. The fourth-order valence-electron chi connectivity index (χ4n) is 3.11. The van der Waals surface area contributed by atoms with Crippen molar-refractivity contribution in [2.45, 2.75) is 74.3 Å². The van der Waals surface area contributed by atoms with E-state index in [1.807, 2.05) is 37.8 Å². The summed E-state index contributed by atoms with van der Waals surface area (Å²) < 4.78 is 0. The summed E-state index contributed by atoms with van der Waals surface area (Å²) in [5.41, 5.74) is 3.52. The lowest BCUT2D eigenvalue weighted by Gasteiger charge is -2.15. The highest BCUT2D eigenvalue weighted by molar-refractivity contribution is 8.12. The van der Waals surface area contributed by atoms with Crippen molar-refractivity contribution in [3.63, 3.8) is 0 Å². The molecule has 3 amide bonds. The maximum atomic E-state index is 11.5. The topological polar surface area (TPSA) is 78.5 Å². The molecule has 0 radical (unpaired) electrons. The van der Waals surface area contributed by atoms with Crippen molar-refractivity contribution < 1.29 is 14.4 Å². The molecule has 0 aromatic heterocycles. The SMILES string of the molecule is CC.CCC#CSC(=C(C)C)c1ccc(CNC=O)cc1.CCC(=O)NCC(=O)N1CCC(C)C1. The lowest BCUT2D eigenvalue weighted by molar-refractivity contribution is -0.132. The van der Waals surface area contributed by atoms with Gasteiger partial charge in [-0.05, 0) is 54.3 Å². The van der Waals surface area contributed by atoms with Gasteiger partial charge in [-0.2, -0.15) is 0 Å². The van der Waals surface area contributed by atoms with E-state index in [9.17, 15) is 14.4 Å². The standard InChI is InChI=1S/C16H19NOS.C10H18N2O2.C2H6/c1-4-5-10-19-16(13(2)3)15-8-6-14(7-9-15)11-17-12-18;1-3-9(13)11-6-10(14)12-5-4-8(2)7-12;1-2/h6-9,12H,4,11H2,1-3H3,(H,17,18);8H,3-7H2,1-2H3,(H,11,13);1-2H3. The Morgan fingerprint density at radius 2 is 1.83 bits per heavy atom. The number of nitrogens with zero attached hydrogens (tertiary/aromatic N) is 1. The second-order valence-corrected chi connectivity index (χ2v) is 8.94. The van der Waals surface area contributed by atoms with Crippen molar-refractivity contribution in [1.82, 2.24) is 15.5 Å². The van der Waals surface area contributed by atoms with Gasteiger partial charge in [-0.3, -0.25) is 14.4 Å². The Balaban J connectivity index is 0.000000641. The number of hydrogen-bond donors (Lipinski definition) is 2. The first-order valence-electron chi connectivity index (χ1n) is 12.4. The molecule has 0 spiro atoms. The number of carbonyl (C=O) groups excluding carboxylic acids is 3. The maximum absolute atomic E-state index is 11.5. The van der Waals surface area contributed by atoms with Crippen molar-refractivity contribution >= 4 is 34.9 Å². The minimum absolute atomic E-state index is 0.0381. The molecule has 35 heavy (non-hydrogen) atoms. The quantitative estimate of drug-likeness (QED) is 0.379. The summed E-state index contributed by atoms with van der Waals surface area (Å²) >= 11 is 1.58. The number of allylic oxidation sites excluding steroid dienone is 1. The summed E-state index contributed by atoms with van der Waals surface area (Å²) in [5, 5.41) is 8.37. The molecule has 194 valence electrons. The van der Waals surface area contributed by atoms with Crippen LogP contribution >= 0.6 is 11.8 Å². The Kier molecular flexibility index (Phi) is 18.1. The number of carbonyl (C=O) groups is 3. The van der Waals surface area contributed by atoms with E-state index in [1.54, 1.807) is 18.7 Å². The molecule has 2 rings (SSSR count). The molecule has 0 bridgehead atoms. The zero-order valence-corrected chi connectivity index (χ0v) is 23.3. The summed E-state index contributed by atoms with van der Waals surface area (Å²) in [6.07, 6.45) is 3.10. The normalized spacial score (nSPS) is 13.6. The minimum atomic E-state index is -0.0643. The molecule has 1 atom stereocenters. The number of rotatable bonds is 8. The van der Waals surface area contributed by atoms with E-state index in [2.05, 4.69) is 54.7 Å². The molecule has 1 unspecified atom stereocenters. The molecule has 1 fully saturated rings. The molecule has 1 saturated heterocycles. The van der Waals surface area contributed by atoms with Crippen LogP contribution in [0.25, 0.3) is 4.91 Å². The Morgan fingerprint density at radius 3 is 2.31 bits per heavy atom. The summed E-state index contributed by atoms with van der Waals surface area (Å²) in [6.45, 7) is 16.5. The highest BCUT2D eigenvalue weighted by Gasteiger charge is 2.22. The molecule has 2 N–H and O–H groups in total. The fraction of sp³-hybridized carbons (Fsp3) is 0.536. The molecule has 6 nitrogen and oxygen atoms in total. The number of thioether (sulfide) groups is 1. The van der Waals surface area contributed by atoms with Crippen molar-refractivity contribution in [1.29, 1.82) is 0 Å². The van der Waals surface area contributed by atoms with Crippen molar-refractivity contribution in [3.8, 4) is 11.2 Å². The second kappa shape index (κ2) is 19.6. The van der Waals surface area contributed by atoms with Crippen LogP contribution in [-0.4, -0.2) is 42.8 Å². The fourth-order valence-corrected chi connectivity index (χ4v) is 3.89. The van der Waals surface area contributed by atoms with Crippen molar-refractivity contribution in [2.75, 3.05) is 19.6 Å². The number of nitrogens with one attached hydrogen (secondary N) is 2. The lowest BCUT2D eigenvalue weighted by Crippen LogP contribution is -2.38. The van der Waals surface area contributed by atoms with Crippen LogP contribution in [0.4, 0.5) is 0 Å². The van der Waals surface area contributed by atoms with Gasteiger partial charge >= 0.3 is 0 Å². The van der Waals surface area contributed by atoms with E-state index >= 15 is 0 Å². The third-order valence-corrected chi connectivity index (χ3v) is 6.09. The van der Waals surface area contributed by atoms with Crippen LogP contribution in [0.15, 0.2) is 29.8 Å². The Morgan fingerprint density at radius 1 is 1.17 bits per heavy atom. The van der Waals surface area contributed by atoms with Crippen molar-refractivity contribution in [2.24, 2.45) is 5.92 Å². The van der Waals surface area contributed by atoms with Gasteiger partial charge in [0.1, 0.15) is 0 Å². The van der Waals surface area contributed by atoms with Gasteiger partial charge in [0.15, 0.2) is 0 Å². The van der Waals surface area contributed by atoms with Gasteiger partial charge in [-0.15, -0.1) is 0 Å². The van der Waals surface area contributed by atoms with Gasteiger partial charge < -0.3 is 15.5 Å². The zero-order valence-electron chi connectivity index (χ0n) is 22.5. The molecule has 0 saturated carbocycles. The number of likely N-dealkylation sites (tertiary alicyclic amines) is 1. The van der Waals surface area contributed by atoms with Gasteiger partial charge in [-0.1, -0.05) is 70.4 Å². The van der Waals surface area contributed by atoms with Crippen molar-refractivity contribution in [3.05, 3.63) is 41.0 Å². The largest absolute Gasteiger partial charge is 0.355 e. The van der Waals surface area contributed by atoms with Gasteiger partial charge in [0.25, 0.3) is 0 Å². The van der Waals surface area contributed by atoms with Gasteiger partial charge in [0.2, 0.25) is 18.2 Å². The summed E-state index contributed by atoms with van der Waals surface area (Å²) in [5.74, 6) is 3.64. The smallest absolute Gasteiger partial charge is 0.241 e. The molecular formula is C28H43N3O3S. The highest BCUT2D eigenvalue weighted by Crippen LogP contribution is 2.30. The predicted molar refractivity (Wildman–Crippen MR) is 148 cm³/mol. The molecule has 1 aliphatic rings. The van der Waals surface area contributed by atoms with E-state index in [0.29, 0.717) is 25.3 Å². The van der Waals surface area contributed by atoms with E-state index < -0.39 is 0 Å². The van der Waals surface area contributed by atoms with Crippen LogP contribution in [-0.2, 0) is 20.9 Å².